The molecule has 170 valence electrons. The molecule has 0 radical (unpaired) electrons. The molecule has 1 N–H and O–H groups in total. The van der Waals surface area contributed by atoms with Crippen LogP contribution in [0.15, 0.2) is 12.1 Å². The first-order valence-electron chi connectivity index (χ1n) is 9.76. The van der Waals surface area contributed by atoms with Crippen LogP contribution in [0.3, 0.4) is 0 Å². The molecule has 0 atom stereocenters. The number of nitrogens with one attached hydrogen (secondary N) is 1. The van der Waals surface area contributed by atoms with Crippen molar-refractivity contribution >= 4 is 5.91 Å². The van der Waals surface area contributed by atoms with Gasteiger partial charge in [0.25, 0.3) is 0 Å². The molecule has 2 rings (SSSR count). The second-order valence-electron chi connectivity index (χ2n) is 7.17. The summed E-state index contributed by atoms with van der Waals surface area (Å²) in [6, 6.07) is 3.19. The third-order valence-corrected chi connectivity index (χ3v) is 4.65. The molecule has 1 aromatic rings. The number of carbonyl (C=O) groups is 1. The van der Waals surface area contributed by atoms with E-state index in [1.807, 2.05) is 0 Å². The first kappa shape index (κ1) is 24.2. The molecule has 1 aliphatic heterocycles. The average Bonchev–Trinajstić information content (AvgIpc) is 2.85. The van der Waals surface area contributed by atoms with Gasteiger partial charge in [-0.2, -0.15) is 26.3 Å². The van der Waals surface area contributed by atoms with Crippen LogP contribution in [-0.2, 0) is 17.6 Å². The lowest BCUT2D eigenvalue weighted by Crippen LogP contribution is -2.29. The maximum Gasteiger partial charge on any atom is 0.422 e. The largest absolute Gasteiger partial charge is 0.468 e. The lowest BCUT2D eigenvalue weighted by molar-refractivity contribution is -0.154. The van der Waals surface area contributed by atoms with E-state index in [0.717, 1.165) is 37.2 Å². The van der Waals surface area contributed by atoms with Gasteiger partial charge in [0.05, 0.1) is 6.42 Å². The molecule has 0 saturated carbocycles. The second kappa shape index (κ2) is 10.8. The van der Waals surface area contributed by atoms with Crippen molar-refractivity contribution in [3.8, 4) is 5.88 Å². The van der Waals surface area contributed by atoms with Gasteiger partial charge in [0.2, 0.25) is 11.8 Å². The van der Waals surface area contributed by atoms with Crippen LogP contribution in [0.2, 0.25) is 0 Å². The van der Waals surface area contributed by atoms with Gasteiger partial charge < -0.3 is 15.0 Å². The molecule has 1 aromatic heterocycles. The Bertz CT molecular complexity index is 694. The predicted molar refractivity (Wildman–Crippen MR) is 97.2 cm³/mol. The number of aromatic nitrogens is 1. The molecule has 30 heavy (non-hydrogen) atoms. The van der Waals surface area contributed by atoms with Gasteiger partial charge in [-0.15, -0.1) is 0 Å². The molecule has 0 fully saturated rings. The third kappa shape index (κ3) is 9.64. The van der Waals surface area contributed by atoms with E-state index in [1.165, 1.54) is 6.07 Å². The quantitative estimate of drug-likeness (QED) is 0.470. The zero-order valence-electron chi connectivity index (χ0n) is 16.4. The Morgan fingerprint density at radius 1 is 1.07 bits per heavy atom. The highest BCUT2D eigenvalue weighted by Crippen LogP contribution is 2.22. The Morgan fingerprint density at radius 3 is 2.50 bits per heavy atom. The third-order valence-electron chi connectivity index (χ3n) is 4.65. The first-order chi connectivity index (χ1) is 14.0. The Hall–Kier alpha value is -2.04. The van der Waals surface area contributed by atoms with Crippen molar-refractivity contribution in [1.82, 2.24) is 15.2 Å². The fourth-order valence-electron chi connectivity index (χ4n) is 3.10. The van der Waals surface area contributed by atoms with E-state index in [0.29, 0.717) is 25.9 Å². The molecule has 0 aromatic carbocycles. The lowest BCUT2D eigenvalue weighted by atomic mass is 10.1. The number of hydrogen-bond acceptors (Lipinski definition) is 4. The standard InChI is InChI=1S/C19H25F6N3O2/c20-18(21,22)8-5-16(29)26-9-1-2-10-28-11-6-14-3-4-17(27-15(14)7-12-28)30-13-19(23,24)25/h3-4H,1-2,5-13H2,(H,26,29). The summed E-state index contributed by atoms with van der Waals surface area (Å²) in [6.45, 7) is 1.17. The molecule has 0 saturated heterocycles. The van der Waals surface area contributed by atoms with Gasteiger partial charge in [-0.1, -0.05) is 6.07 Å². The number of hydrogen-bond donors (Lipinski definition) is 1. The molecular formula is C19H25F6N3O2. The van der Waals surface area contributed by atoms with Crippen LogP contribution in [-0.4, -0.2) is 60.9 Å². The van der Waals surface area contributed by atoms with Gasteiger partial charge in [-0.25, -0.2) is 4.98 Å². The molecular weight excluding hydrogens is 416 g/mol. The maximum atomic E-state index is 12.3. The van der Waals surface area contributed by atoms with Gasteiger partial charge in [0.15, 0.2) is 6.61 Å². The SMILES string of the molecule is O=C(CCC(F)(F)F)NCCCCN1CCc2ccc(OCC(F)(F)F)nc2CC1. The fourth-order valence-corrected chi connectivity index (χ4v) is 3.10. The topological polar surface area (TPSA) is 54.5 Å². The number of carbonyl (C=O) groups excluding carboxylic acids is 1. The van der Waals surface area contributed by atoms with Crippen LogP contribution in [0.1, 0.15) is 36.9 Å². The summed E-state index contributed by atoms with van der Waals surface area (Å²) in [5.41, 5.74) is 1.71. The number of rotatable bonds is 9. The Balaban J connectivity index is 1.67. The molecule has 0 unspecified atom stereocenters. The molecule has 5 nitrogen and oxygen atoms in total. The first-order valence-corrected chi connectivity index (χ1v) is 9.76. The maximum absolute atomic E-state index is 12.3. The summed E-state index contributed by atoms with van der Waals surface area (Å²) < 4.78 is 77.7. The van der Waals surface area contributed by atoms with Crippen LogP contribution >= 0.6 is 0 Å². The number of unbranched alkanes of at least 4 members (excludes halogenated alkanes) is 1. The van der Waals surface area contributed by atoms with Gasteiger partial charge in [0.1, 0.15) is 0 Å². The van der Waals surface area contributed by atoms with Crippen molar-refractivity contribution in [2.24, 2.45) is 0 Å². The van der Waals surface area contributed by atoms with Crippen LogP contribution in [0.4, 0.5) is 26.3 Å². The number of alkyl halides is 6. The van der Waals surface area contributed by atoms with Crippen molar-refractivity contribution in [3.63, 3.8) is 0 Å². The highest BCUT2D eigenvalue weighted by Gasteiger charge is 2.29. The zero-order chi connectivity index (χ0) is 22.2. The molecule has 11 heteroatoms. The smallest absolute Gasteiger partial charge is 0.422 e. The summed E-state index contributed by atoms with van der Waals surface area (Å²) in [5.74, 6) is -0.645. The molecule has 0 aliphatic carbocycles. The second-order valence-corrected chi connectivity index (χ2v) is 7.17. The van der Waals surface area contributed by atoms with Gasteiger partial charge >= 0.3 is 12.4 Å². The Morgan fingerprint density at radius 2 is 1.80 bits per heavy atom. The van der Waals surface area contributed by atoms with Crippen LogP contribution < -0.4 is 10.1 Å². The zero-order valence-corrected chi connectivity index (χ0v) is 16.4. The molecule has 0 spiro atoms. The molecule has 0 bridgehead atoms. The van der Waals surface area contributed by atoms with Crippen molar-refractivity contribution in [2.45, 2.75) is 50.9 Å². The minimum atomic E-state index is -4.41. The summed E-state index contributed by atoms with van der Waals surface area (Å²) in [5, 5.41) is 2.49. The number of amides is 1. The summed E-state index contributed by atoms with van der Waals surface area (Å²) in [7, 11) is 0. The monoisotopic (exact) mass is 441 g/mol. The lowest BCUT2D eigenvalue weighted by Gasteiger charge is -2.19. The van der Waals surface area contributed by atoms with E-state index < -0.39 is 37.7 Å². The van der Waals surface area contributed by atoms with Crippen LogP contribution in [0, 0.1) is 0 Å². The average molecular weight is 441 g/mol. The van der Waals surface area contributed by atoms with Crippen molar-refractivity contribution in [3.05, 3.63) is 23.4 Å². The minimum absolute atomic E-state index is 0.0409. The number of halogens is 6. The van der Waals surface area contributed by atoms with Crippen LogP contribution in [0.25, 0.3) is 0 Å². The molecule has 1 aliphatic rings. The highest BCUT2D eigenvalue weighted by molar-refractivity contribution is 5.75. The molecule has 1 amide bonds. The number of fused-ring (bicyclic) bond motifs is 1. The normalized spacial score (nSPS) is 15.4. The van der Waals surface area contributed by atoms with Gasteiger partial charge in [-0.05, 0) is 31.4 Å². The van der Waals surface area contributed by atoms with Crippen molar-refractivity contribution in [1.29, 1.82) is 0 Å². The van der Waals surface area contributed by atoms with Gasteiger partial charge in [0, 0.05) is 44.2 Å². The van der Waals surface area contributed by atoms with E-state index in [2.05, 4.69) is 15.2 Å². The number of pyridine rings is 1. The Labute approximate surface area is 170 Å². The highest BCUT2D eigenvalue weighted by atomic mass is 19.4. The predicted octanol–water partition coefficient (Wildman–Crippen LogP) is 3.66. The Kier molecular flexibility index (Phi) is 8.75. The number of nitrogens with zero attached hydrogens (tertiary/aromatic N) is 2. The fraction of sp³-hybridized carbons (Fsp3) is 0.684. The van der Waals surface area contributed by atoms with E-state index in [9.17, 15) is 31.1 Å². The minimum Gasteiger partial charge on any atom is -0.468 e. The summed E-state index contributed by atoms with van der Waals surface area (Å²) in [6.07, 6.45) is -7.70. The van der Waals surface area contributed by atoms with Crippen molar-refractivity contribution in [2.75, 3.05) is 32.8 Å². The van der Waals surface area contributed by atoms with E-state index in [1.54, 1.807) is 6.07 Å². The van der Waals surface area contributed by atoms with Gasteiger partial charge in [-0.3, -0.25) is 4.79 Å². The molecule has 2 heterocycles. The van der Waals surface area contributed by atoms with E-state index in [4.69, 9.17) is 4.74 Å². The van der Waals surface area contributed by atoms with Crippen molar-refractivity contribution < 1.29 is 35.9 Å². The van der Waals surface area contributed by atoms with E-state index >= 15 is 0 Å². The summed E-state index contributed by atoms with van der Waals surface area (Å²) >= 11 is 0. The van der Waals surface area contributed by atoms with Crippen LogP contribution in [0.5, 0.6) is 5.88 Å². The number of ether oxygens (including phenoxy) is 1. The van der Waals surface area contributed by atoms with E-state index in [-0.39, 0.29) is 5.88 Å². The summed E-state index contributed by atoms with van der Waals surface area (Å²) in [4.78, 5) is 17.7.